The van der Waals surface area contributed by atoms with Gasteiger partial charge in [0.05, 0.1) is 28.4 Å². The van der Waals surface area contributed by atoms with Crippen molar-refractivity contribution in [3.8, 4) is 23.0 Å². The summed E-state index contributed by atoms with van der Waals surface area (Å²) in [6, 6.07) is 8.61. The van der Waals surface area contributed by atoms with E-state index in [0.717, 1.165) is 62.0 Å². The van der Waals surface area contributed by atoms with Gasteiger partial charge in [-0.25, -0.2) is 0 Å². The third-order valence-corrected chi connectivity index (χ3v) is 7.29. The van der Waals surface area contributed by atoms with Crippen molar-refractivity contribution in [1.29, 1.82) is 0 Å². The monoisotopic (exact) mass is 468 g/mol. The molecule has 2 aromatic carbocycles. The van der Waals surface area contributed by atoms with Crippen LogP contribution >= 0.6 is 0 Å². The average molecular weight is 469 g/mol. The second-order valence-electron chi connectivity index (χ2n) is 9.42. The molecule has 4 rings (SSSR count). The summed E-state index contributed by atoms with van der Waals surface area (Å²) in [5, 5.41) is 0. The van der Waals surface area contributed by atoms with Gasteiger partial charge in [0.15, 0.2) is 23.0 Å². The van der Waals surface area contributed by atoms with Crippen LogP contribution in [0.5, 0.6) is 23.0 Å². The SMILES string of the molecule is COc1cc2c(cc1OC)CN(CCCCCCN1CCc3cc(OC)c(OC)cc3C1)CC2. The number of unbranched alkanes of at least 4 members (excludes halogenated alkanes) is 3. The fourth-order valence-corrected chi connectivity index (χ4v) is 5.29. The number of benzene rings is 2. The number of methoxy groups -OCH3 is 4. The molecule has 2 aromatic rings. The Labute approximate surface area is 204 Å². The minimum atomic E-state index is 0.834. The van der Waals surface area contributed by atoms with Crippen molar-refractivity contribution >= 4 is 0 Å². The first kappa shape index (κ1) is 24.7. The smallest absolute Gasteiger partial charge is 0.161 e. The minimum absolute atomic E-state index is 0.834. The van der Waals surface area contributed by atoms with Crippen molar-refractivity contribution < 1.29 is 18.9 Å². The van der Waals surface area contributed by atoms with E-state index in [1.165, 1.54) is 61.0 Å². The summed E-state index contributed by atoms with van der Waals surface area (Å²) >= 11 is 0. The molecule has 0 aliphatic carbocycles. The molecule has 0 saturated heterocycles. The van der Waals surface area contributed by atoms with Crippen LogP contribution in [0.3, 0.4) is 0 Å². The molecule has 34 heavy (non-hydrogen) atoms. The Hall–Kier alpha value is -2.44. The summed E-state index contributed by atoms with van der Waals surface area (Å²) in [6.45, 7) is 6.63. The van der Waals surface area contributed by atoms with Gasteiger partial charge in [-0.2, -0.15) is 0 Å². The van der Waals surface area contributed by atoms with E-state index in [9.17, 15) is 0 Å². The second-order valence-corrected chi connectivity index (χ2v) is 9.42. The maximum absolute atomic E-state index is 5.50. The standard InChI is InChI=1S/C28H40N2O4/c1-31-25-15-21-9-13-29(19-23(21)17-27(25)33-3)11-7-5-6-8-12-30-14-10-22-16-26(32-2)28(34-4)18-24(22)20-30/h15-18H,5-14,19-20H2,1-4H3. The van der Waals surface area contributed by atoms with Crippen molar-refractivity contribution in [3.63, 3.8) is 0 Å². The van der Waals surface area contributed by atoms with Crippen LogP contribution in [0.2, 0.25) is 0 Å². The van der Waals surface area contributed by atoms with Gasteiger partial charge < -0.3 is 18.9 Å². The first-order valence-corrected chi connectivity index (χ1v) is 12.6. The Kier molecular flexibility index (Phi) is 8.57. The van der Waals surface area contributed by atoms with Crippen LogP contribution in [0.15, 0.2) is 24.3 Å². The first-order valence-electron chi connectivity index (χ1n) is 12.6. The zero-order valence-corrected chi connectivity index (χ0v) is 21.3. The Bertz CT molecular complexity index is 884. The molecule has 0 unspecified atom stereocenters. The zero-order chi connectivity index (χ0) is 23.9. The van der Waals surface area contributed by atoms with Crippen LogP contribution in [-0.4, -0.2) is 64.4 Å². The molecule has 2 aliphatic heterocycles. The van der Waals surface area contributed by atoms with Crippen LogP contribution in [0.1, 0.15) is 47.9 Å². The lowest BCUT2D eigenvalue weighted by atomic mass is 9.98. The molecule has 186 valence electrons. The van der Waals surface area contributed by atoms with Gasteiger partial charge >= 0.3 is 0 Å². The van der Waals surface area contributed by atoms with Gasteiger partial charge in [-0.1, -0.05) is 12.8 Å². The predicted molar refractivity (Wildman–Crippen MR) is 136 cm³/mol. The Balaban J connectivity index is 1.16. The van der Waals surface area contributed by atoms with Crippen molar-refractivity contribution in [1.82, 2.24) is 9.80 Å². The van der Waals surface area contributed by atoms with E-state index in [1.807, 2.05) is 0 Å². The van der Waals surface area contributed by atoms with Gasteiger partial charge in [-0.15, -0.1) is 0 Å². The lowest BCUT2D eigenvalue weighted by Gasteiger charge is -2.30. The van der Waals surface area contributed by atoms with Crippen LogP contribution in [0.25, 0.3) is 0 Å². The fraction of sp³-hybridized carbons (Fsp3) is 0.571. The highest BCUT2D eigenvalue weighted by Gasteiger charge is 2.20. The minimum Gasteiger partial charge on any atom is -0.493 e. The lowest BCUT2D eigenvalue weighted by molar-refractivity contribution is 0.236. The summed E-state index contributed by atoms with van der Waals surface area (Å²) in [5.41, 5.74) is 5.55. The largest absolute Gasteiger partial charge is 0.493 e. The third kappa shape index (κ3) is 5.78. The van der Waals surface area contributed by atoms with Gasteiger partial charge in [-0.3, -0.25) is 9.80 Å². The van der Waals surface area contributed by atoms with E-state index in [-0.39, 0.29) is 0 Å². The van der Waals surface area contributed by atoms with E-state index in [2.05, 4.69) is 34.1 Å². The van der Waals surface area contributed by atoms with Crippen molar-refractivity contribution in [2.24, 2.45) is 0 Å². The van der Waals surface area contributed by atoms with Gasteiger partial charge in [-0.05, 0) is 85.3 Å². The maximum Gasteiger partial charge on any atom is 0.161 e. The van der Waals surface area contributed by atoms with Crippen molar-refractivity contribution in [2.75, 3.05) is 54.6 Å². The molecule has 0 aromatic heterocycles. The highest BCUT2D eigenvalue weighted by molar-refractivity contribution is 5.49. The van der Waals surface area contributed by atoms with Gasteiger partial charge in [0.25, 0.3) is 0 Å². The van der Waals surface area contributed by atoms with E-state index in [0.29, 0.717) is 0 Å². The molecular weight excluding hydrogens is 428 g/mol. The topological polar surface area (TPSA) is 43.4 Å². The summed E-state index contributed by atoms with van der Waals surface area (Å²) in [4.78, 5) is 5.16. The van der Waals surface area contributed by atoms with Gasteiger partial charge in [0.1, 0.15) is 0 Å². The molecule has 0 radical (unpaired) electrons. The Morgan fingerprint density at radius 1 is 0.529 bits per heavy atom. The Morgan fingerprint density at radius 2 is 0.882 bits per heavy atom. The Morgan fingerprint density at radius 3 is 1.24 bits per heavy atom. The quantitative estimate of drug-likeness (QED) is 0.446. The summed E-state index contributed by atoms with van der Waals surface area (Å²) < 4.78 is 21.9. The molecule has 0 fully saturated rings. The maximum atomic E-state index is 5.50. The number of nitrogens with zero attached hydrogens (tertiary/aromatic N) is 2. The molecule has 2 aliphatic rings. The number of fused-ring (bicyclic) bond motifs is 2. The number of hydrogen-bond donors (Lipinski definition) is 0. The summed E-state index contributed by atoms with van der Waals surface area (Å²) in [7, 11) is 6.83. The van der Waals surface area contributed by atoms with Crippen molar-refractivity contribution in [2.45, 2.75) is 51.6 Å². The van der Waals surface area contributed by atoms with Crippen LogP contribution in [0, 0.1) is 0 Å². The molecule has 0 amide bonds. The number of hydrogen-bond acceptors (Lipinski definition) is 6. The predicted octanol–water partition coefficient (Wildman–Crippen LogP) is 4.70. The lowest BCUT2D eigenvalue weighted by Crippen LogP contribution is -2.32. The van der Waals surface area contributed by atoms with Crippen LogP contribution in [-0.2, 0) is 25.9 Å². The molecule has 6 nitrogen and oxygen atoms in total. The molecule has 0 atom stereocenters. The van der Waals surface area contributed by atoms with E-state index in [4.69, 9.17) is 18.9 Å². The summed E-state index contributed by atoms with van der Waals surface area (Å²) in [6.07, 6.45) is 7.30. The highest BCUT2D eigenvalue weighted by Crippen LogP contribution is 2.34. The third-order valence-electron chi connectivity index (χ3n) is 7.29. The molecule has 0 spiro atoms. The second kappa shape index (κ2) is 11.8. The van der Waals surface area contributed by atoms with Gasteiger partial charge in [0.2, 0.25) is 0 Å². The van der Waals surface area contributed by atoms with E-state index in [1.54, 1.807) is 28.4 Å². The van der Waals surface area contributed by atoms with E-state index >= 15 is 0 Å². The number of ether oxygens (including phenoxy) is 4. The highest BCUT2D eigenvalue weighted by atomic mass is 16.5. The molecule has 6 heteroatoms. The van der Waals surface area contributed by atoms with Crippen LogP contribution < -0.4 is 18.9 Å². The van der Waals surface area contributed by atoms with Crippen LogP contribution in [0.4, 0.5) is 0 Å². The average Bonchev–Trinajstić information content (AvgIpc) is 2.88. The normalized spacial score (nSPS) is 16.0. The molecule has 0 bridgehead atoms. The molecular formula is C28H40N2O4. The molecule has 2 heterocycles. The fourth-order valence-electron chi connectivity index (χ4n) is 5.29. The van der Waals surface area contributed by atoms with E-state index < -0.39 is 0 Å². The number of rotatable bonds is 11. The van der Waals surface area contributed by atoms with Crippen molar-refractivity contribution in [3.05, 3.63) is 46.5 Å². The van der Waals surface area contributed by atoms with Gasteiger partial charge in [0, 0.05) is 26.2 Å². The first-order chi connectivity index (χ1) is 16.6. The summed E-state index contributed by atoms with van der Waals surface area (Å²) in [5.74, 6) is 3.35. The zero-order valence-electron chi connectivity index (χ0n) is 21.3. The molecule has 0 N–H and O–H groups in total. The molecule has 0 saturated carbocycles.